The van der Waals surface area contributed by atoms with Gasteiger partial charge in [0.15, 0.2) is 0 Å². The fourth-order valence-corrected chi connectivity index (χ4v) is 5.22. The predicted molar refractivity (Wildman–Crippen MR) is 121 cm³/mol. The van der Waals surface area contributed by atoms with E-state index in [2.05, 4.69) is 14.9 Å². The zero-order chi connectivity index (χ0) is 25.3. The van der Waals surface area contributed by atoms with Crippen LogP contribution in [0, 0.1) is 11.7 Å². The second kappa shape index (κ2) is 9.91. The number of benzene rings is 2. The summed E-state index contributed by atoms with van der Waals surface area (Å²) in [4.78, 5) is 19.6. The molecule has 1 aromatic heterocycles. The molecule has 1 aliphatic carbocycles. The van der Waals surface area contributed by atoms with Crippen LogP contribution in [0.2, 0.25) is 0 Å². The van der Waals surface area contributed by atoms with E-state index in [0.29, 0.717) is 31.0 Å². The molecule has 2 fully saturated rings. The molecule has 0 N–H and O–H groups in total. The average Bonchev–Trinajstić information content (AvgIpc) is 3.56. The summed E-state index contributed by atoms with van der Waals surface area (Å²) < 4.78 is 60.9. The van der Waals surface area contributed by atoms with E-state index in [-0.39, 0.29) is 35.2 Å². The molecule has 1 saturated heterocycles. The van der Waals surface area contributed by atoms with Gasteiger partial charge in [-0.3, -0.25) is 4.79 Å². The van der Waals surface area contributed by atoms with Gasteiger partial charge < -0.3 is 14.2 Å². The molecule has 2 unspecified atom stereocenters. The third-order valence-corrected chi connectivity index (χ3v) is 6.93. The molecule has 190 valence electrons. The first-order chi connectivity index (χ1) is 17.2. The molecule has 2 aliphatic rings. The number of piperidine rings is 1. The number of carbonyl (C=O) groups excluding carboxylic acids is 1. The van der Waals surface area contributed by atoms with Crippen molar-refractivity contribution in [3.05, 3.63) is 65.8 Å². The van der Waals surface area contributed by atoms with Gasteiger partial charge in [-0.1, -0.05) is 42.3 Å². The van der Waals surface area contributed by atoms with E-state index in [9.17, 15) is 22.4 Å². The van der Waals surface area contributed by atoms with Gasteiger partial charge in [0.25, 0.3) is 0 Å². The number of halogens is 4. The van der Waals surface area contributed by atoms with Gasteiger partial charge in [0, 0.05) is 30.5 Å². The number of carbonyl (C=O) groups is 1. The summed E-state index contributed by atoms with van der Waals surface area (Å²) in [6.07, 6.45) is -0.425. The van der Waals surface area contributed by atoms with Crippen molar-refractivity contribution >= 4 is 5.91 Å². The molecule has 6 nitrogen and oxygen atoms in total. The smallest absolute Gasteiger partial charge is 0.406 e. The van der Waals surface area contributed by atoms with Crippen LogP contribution in [0.3, 0.4) is 0 Å². The molecule has 0 bridgehead atoms. The number of hydrogen-bond acceptors (Lipinski definition) is 5. The quantitative estimate of drug-likeness (QED) is 0.396. The molecular weight excluding hydrogens is 478 g/mol. The lowest BCUT2D eigenvalue weighted by atomic mass is 9.83. The fourth-order valence-electron chi connectivity index (χ4n) is 5.22. The molecule has 2 heterocycles. The molecule has 0 radical (unpaired) electrons. The Morgan fingerprint density at radius 1 is 1.03 bits per heavy atom. The highest BCUT2D eigenvalue weighted by Crippen LogP contribution is 2.38. The summed E-state index contributed by atoms with van der Waals surface area (Å²) in [5, 5.41) is 4.01. The number of rotatable bonds is 5. The molecule has 2 aromatic carbocycles. The number of ether oxygens (including phenoxy) is 1. The van der Waals surface area contributed by atoms with Crippen molar-refractivity contribution in [1.82, 2.24) is 15.0 Å². The average molecular weight is 503 g/mol. The van der Waals surface area contributed by atoms with Gasteiger partial charge in [0.05, 0.1) is 5.92 Å². The monoisotopic (exact) mass is 503 g/mol. The van der Waals surface area contributed by atoms with Gasteiger partial charge in [-0.15, -0.1) is 13.2 Å². The van der Waals surface area contributed by atoms with E-state index < -0.39 is 12.2 Å². The Kier molecular flexibility index (Phi) is 6.68. The van der Waals surface area contributed by atoms with E-state index in [1.807, 2.05) is 4.90 Å². The van der Waals surface area contributed by atoms with E-state index >= 15 is 0 Å². The summed E-state index contributed by atoms with van der Waals surface area (Å²) in [6, 6.07) is 11.6. The molecule has 0 spiro atoms. The molecule has 2 atom stereocenters. The largest absolute Gasteiger partial charge is 0.573 e. The van der Waals surface area contributed by atoms with Crippen molar-refractivity contribution < 1.29 is 31.6 Å². The van der Waals surface area contributed by atoms with Gasteiger partial charge in [0.1, 0.15) is 11.6 Å². The summed E-state index contributed by atoms with van der Waals surface area (Å²) >= 11 is 0. The second-order valence-corrected chi connectivity index (χ2v) is 9.44. The van der Waals surface area contributed by atoms with Crippen LogP contribution in [-0.2, 0) is 4.79 Å². The Hall–Kier alpha value is -3.43. The molecule has 3 aromatic rings. The minimum absolute atomic E-state index is 0.0162. The predicted octanol–water partition coefficient (Wildman–Crippen LogP) is 6.06. The van der Waals surface area contributed by atoms with Gasteiger partial charge >= 0.3 is 6.36 Å². The Morgan fingerprint density at radius 2 is 1.75 bits per heavy atom. The molecule has 36 heavy (non-hydrogen) atoms. The minimum Gasteiger partial charge on any atom is -0.406 e. The van der Waals surface area contributed by atoms with Crippen molar-refractivity contribution in [2.45, 2.75) is 50.3 Å². The number of nitrogens with zero attached hydrogens (tertiary/aromatic N) is 3. The van der Waals surface area contributed by atoms with Gasteiger partial charge in [0.2, 0.25) is 17.6 Å². The van der Waals surface area contributed by atoms with Crippen LogP contribution in [0.25, 0.3) is 11.4 Å². The first kappa shape index (κ1) is 24.3. The highest BCUT2D eigenvalue weighted by molar-refractivity contribution is 5.79. The standard InChI is InChI=1S/C26H25F4N3O3/c27-21-7-3-6-18(13-21)23-31-24(36-32-23)20-12-19(14-33(15-20)25(34)17-4-1-2-5-17)16-8-10-22(11-9-16)35-26(28,29)30/h3,6-11,13,17,19-20H,1-2,4-5,12,14-15H2. The van der Waals surface area contributed by atoms with E-state index in [4.69, 9.17) is 4.52 Å². The topological polar surface area (TPSA) is 68.5 Å². The van der Waals surface area contributed by atoms with Gasteiger partial charge in [-0.2, -0.15) is 4.98 Å². The van der Waals surface area contributed by atoms with E-state index in [1.165, 1.54) is 24.3 Å². The molecule has 5 rings (SSSR count). The lowest BCUT2D eigenvalue weighted by Crippen LogP contribution is -2.44. The van der Waals surface area contributed by atoms with Gasteiger partial charge in [-0.05, 0) is 49.1 Å². The number of aromatic nitrogens is 2. The zero-order valence-corrected chi connectivity index (χ0v) is 19.4. The van der Waals surface area contributed by atoms with Crippen LogP contribution in [0.1, 0.15) is 55.4 Å². The van der Waals surface area contributed by atoms with Crippen LogP contribution in [0.5, 0.6) is 5.75 Å². The van der Waals surface area contributed by atoms with Crippen molar-refractivity contribution in [1.29, 1.82) is 0 Å². The summed E-state index contributed by atoms with van der Waals surface area (Å²) in [7, 11) is 0. The van der Waals surface area contributed by atoms with E-state index in [0.717, 1.165) is 31.2 Å². The van der Waals surface area contributed by atoms with Crippen molar-refractivity contribution in [2.75, 3.05) is 13.1 Å². The third-order valence-electron chi connectivity index (χ3n) is 6.93. The van der Waals surface area contributed by atoms with Crippen LogP contribution in [0.15, 0.2) is 53.1 Å². The summed E-state index contributed by atoms with van der Waals surface area (Å²) in [6.45, 7) is 0.863. The van der Waals surface area contributed by atoms with Crippen molar-refractivity contribution in [2.24, 2.45) is 5.92 Å². The first-order valence-corrected chi connectivity index (χ1v) is 12.0. The summed E-state index contributed by atoms with van der Waals surface area (Å²) in [5.74, 6) is -0.443. The number of amides is 1. The van der Waals surface area contributed by atoms with Crippen molar-refractivity contribution in [3.8, 4) is 17.1 Å². The second-order valence-electron chi connectivity index (χ2n) is 9.44. The number of alkyl halides is 3. The van der Waals surface area contributed by atoms with Gasteiger partial charge in [-0.25, -0.2) is 4.39 Å². The Labute approximate surface area is 205 Å². The Bertz CT molecular complexity index is 1210. The fraction of sp³-hybridized carbons (Fsp3) is 0.423. The normalized spacial score (nSPS) is 21.1. The molecule has 10 heteroatoms. The highest BCUT2D eigenvalue weighted by Gasteiger charge is 2.37. The number of likely N-dealkylation sites (tertiary alicyclic amines) is 1. The number of hydrogen-bond donors (Lipinski definition) is 0. The van der Waals surface area contributed by atoms with Crippen LogP contribution >= 0.6 is 0 Å². The minimum atomic E-state index is -4.76. The van der Waals surface area contributed by atoms with Crippen LogP contribution < -0.4 is 4.74 Å². The third kappa shape index (κ3) is 5.52. The highest BCUT2D eigenvalue weighted by atomic mass is 19.4. The van der Waals surface area contributed by atoms with Crippen LogP contribution in [0.4, 0.5) is 17.6 Å². The lowest BCUT2D eigenvalue weighted by Gasteiger charge is -2.38. The molecule has 1 saturated carbocycles. The maximum atomic E-state index is 13.7. The molecule has 1 amide bonds. The Balaban J connectivity index is 1.40. The maximum Gasteiger partial charge on any atom is 0.573 e. The maximum absolute atomic E-state index is 13.7. The molecular formula is C26H25F4N3O3. The summed E-state index contributed by atoms with van der Waals surface area (Å²) in [5.41, 5.74) is 1.28. The first-order valence-electron chi connectivity index (χ1n) is 12.0. The van der Waals surface area contributed by atoms with Crippen molar-refractivity contribution in [3.63, 3.8) is 0 Å². The Morgan fingerprint density at radius 3 is 2.44 bits per heavy atom. The molecule has 1 aliphatic heterocycles. The van der Waals surface area contributed by atoms with E-state index in [1.54, 1.807) is 24.3 Å². The zero-order valence-electron chi connectivity index (χ0n) is 19.4. The SMILES string of the molecule is O=C(C1CCCC1)N1CC(c2ccc(OC(F)(F)F)cc2)CC(c2nc(-c3cccc(F)c3)no2)C1. The van der Waals surface area contributed by atoms with Crippen LogP contribution in [-0.4, -0.2) is 40.4 Å². The lowest BCUT2D eigenvalue weighted by molar-refractivity contribution is -0.274.